The molecule has 0 saturated heterocycles. The number of fused-ring (bicyclic) bond motifs is 1. The molecule has 0 amide bonds. The van der Waals surface area contributed by atoms with Crippen molar-refractivity contribution in [3.63, 3.8) is 0 Å². The molecule has 1 N–H and O–H groups in total. The van der Waals surface area contributed by atoms with Gasteiger partial charge in [0.05, 0.1) is 11.0 Å². The van der Waals surface area contributed by atoms with Crippen LogP contribution in [0, 0.1) is 17.6 Å². The van der Waals surface area contributed by atoms with E-state index < -0.39 is 0 Å². The van der Waals surface area contributed by atoms with Gasteiger partial charge in [-0.2, -0.15) is 0 Å². The van der Waals surface area contributed by atoms with Crippen molar-refractivity contribution in [1.29, 1.82) is 0 Å². The van der Waals surface area contributed by atoms with Gasteiger partial charge in [0.25, 0.3) is 0 Å². The molecule has 0 spiro atoms. The van der Waals surface area contributed by atoms with Gasteiger partial charge in [-0.3, -0.25) is 0 Å². The average Bonchev–Trinajstić information content (AvgIpc) is 2.60. The molecule has 3 heteroatoms. The summed E-state index contributed by atoms with van der Waals surface area (Å²) in [5.74, 6) is 0.795. The van der Waals surface area contributed by atoms with Crippen molar-refractivity contribution in [3.8, 4) is 0 Å². The van der Waals surface area contributed by atoms with Gasteiger partial charge in [-0.05, 0) is 49.2 Å². The van der Waals surface area contributed by atoms with E-state index in [2.05, 4.69) is 48.5 Å². The van der Waals surface area contributed by atoms with E-state index in [-0.39, 0.29) is 0 Å². The minimum absolute atomic E-state index is 0.795. The zero-order valence-electron chi connectivity index (χ0n) is 11.5. The number of rotatable bonds is 5. The Morgan fingerprint density at radius 3 is 2.78 bits per heavy atom. The molecule has 0 saturated carbocycles. The van der Waals surface area contributed by atoms with Gasteiger partial charge >= 0.3 is 0 Å². The summed E-state index contributed by atoms with van der Waals surface area (Å²) in [7, 11) is 0. The number of imidazole rings is 1. The molecule has 0 fully saturated rings. The van der Waals surface area contributed by atoms with E-state index in [9.17, 15) is 0 Å². The number of nitrogens with zero attached hydrogens (tertiary/aromatic N) is 1. The van der Waals surface area contributed by atoms with Crippen molar-refractivity contribution in [1.82, 2.24) is 9.55 Å². The van der Waals surface area contributed by atoms with Crippen LogP contribution in [0.15, 0.2) is 18.2 Å². The molecule has 1 heterocycles. The van der Waals surface area contributed by atoms with E-state index >= 15 is 0 Å². The van der Waals surface area contributed by atoms with Gasteiger partial charge in [-0.25, -0.2) is 0 Å². The Labute approximate surface area is 114 Å². The summed E-state index contributed by atoms with van der Waals surface area (Å²) in [5, 5.41) is 0. The number of H-pyrrole nitrogens is 1. The fourth-order valence-corrected chi connectivity index (χ4v) is 2.61. The van der Waals surface area contributed by atoms with Crippen LogP contribution < -0.4 is 0 Å². The summed E-state index contributed by atoms with van der Waals surface area (Å²) >= 11 is 5.40. The van der Waals surface area contributed by atoms with Crippen molar-refractivity contribution in [2.45, 2.75) is 46.6 Å². The van der Waals surface area contributed by atoms with Crippen LogP contribution in [0.1, 0.15) is 38.7 Å². The summed E-state index contributed by atoms with van der Waals surface area (Å²) in [6.45, 7) is 7.70. The summed E-state index contributed by atoms with van der Waals surface area (Å²) in [6.07, 6.45) is 3.78. The predicted molar refractivity (Wildman–Crippen MR) is 80.5 cm³/mol. The van der Waals surface area contributed by atoms with E-state index in [1.54, 1.807) is 0 Å². The van der Waals surface area contributed by atoms with Crippen LogP contribution in [-0.4, -0.2) is 9.55 Å². The highest BCUT2D eigenvalue weighted by atomic mass is 32.1. The third-order valence-electron chi connectivity index (χ3n) is 3.34. The summed E-state index contributed by atoms with van der Waals surface area (Å²) in [4.78, 5) is 3.28. The Bertz CT molecular complexity index is 578. The zero-order chi connectivity index (χ0) is 13.1. The first-order chi connectivity index (χ1) is 8.58. The van der Waals surface area contributed by atoms with Crippen molar-refractivity contribution in [3.05, 3.63) is 28.5 Å². The van der Waals surface area contributed by atoms with Crippen LogP contribution in [0.25, 0.3) is 11.0 Å². The molecule has 0 aliphatic heterocycles. The highest BCUT2D eigenvalue weighted by molar-refractivity contribution is 7.71. The molecular weight excluding hydrogens is 240 g/mol. The van der Waals surface area contributed by atoms with E-state index in [1.165, 1.54) is 30.3 Å². The van der Waals surface area contributed by atoms with Crippen LogP contribution in [0.5, 0.6) is 0 Å². The molecule has 0 atom stereocenters. The number of aromatic nitrogens is 2. The molecular formula is C15H22N2S. The molecule has 1 aromatic carbocycles. The van der Waals surface area contributed by atoms with Crippen molar-refractivity contribution < 1.29 is 0 Å². The van der Waals surface area contributed by atoms with Gasteiger partial charge in [-0.1, -0.05) is 32.8 Å². The molecule has 1 aromatic heterocycles. The van der Waals surface area contributed by atoms with E-state index in [0.717, 1.165) is 22.8 Å². The van der Waals surface area contributed by atoms with E-state index in [0.29, 0.717) is 0 Å². The largest absolute Gasteiger partial charge is 0.331 e. The summed E-state index contributed by atoms with van der Waals surface area (Å²) in [6, 6.07) is 6.45. The lowest BCUT2D eigenvalue weighted by Gasteiger charge is -2.06. The number of hydrogen-bond donors (Lipinski definition) is 1. The third kappa shape index (κ3) is 3.02. The summed E-state index contributed by atoms with van der Waals surface area (Å²) < 4.78 is 3.08. The zero-order valence-corrected chi connectivity index (χ0v) is 12.3. The van der Waals surface area contributed by atoms with Crippen LogP contribution in [0.3, 0.4) is 0 Å². The third-order valence-corrected chi connectivity index (χ3v) is 3.67. The first-order valence-corrected chi connectivity index (χ1v) is 7.18. The fourth-order valence-electron chi connectivity index (χ4n) is 2.31. The maximum Gasteiger partial charge on any atom is 0.178 e. The smallest absolute Gasteiger partial charge is 0.178 e. The van der Waals surface area contributed by atoms with Gasteiger partial charge in [0.1, 0.15) is 0 Å². The molecule has 0 unspecified atom stereocenters. The number of aryl methyl sites for hydroxylation is 2. The second kappa shape index (κ2) is 5.70. The van der Waals surface area contributed by atoms with Gasteiger partial charge in [0, 0.05) is 6.54 Å². The quantitative estimate of drug-likeness (QED) is 0.604. The SMILES string of the molecule is Cc1ccc2[nH]c(=S)n(CCCCC(C)C)c2c1. The number of unbranched alkanes of at least 4 members (excludes halogenated alkanes) is 1. The number of nitrogens with one attached hydrogen (secondary N) is 1. The second-order valence-corrected chi connectivity index (χ2v) is 5.88. The summed E-state index contributed by atoms with van der Waals surface area (Å²) in [5.41, 5.74) is 3.67. The second-order valence-electron chi connectivity index (χ2n) is 5.49. The monoisotopic (exact) mass is 262 g/mol. The number of aromatic amines is 1. The van der Waals surface area contributed by atoms with E-state index in [1.807, 2.05) is 0 Å². The molecule has 98 valence electrons. The van der Waals surface area contributed by atoms with E-state index in [4.69, 9.17) is 12.2 Å². The Hall–Kier alpha value is -1.09. The lowest BCUT2D eigenvalue weighted by Crippen LogP contribution is -1.99. The van der Waals surface area contributed by atoms with Gasteiger partial charge in [0.2, 0.25) is 0 Å². The Balaban J connectivity index is 2.14. The Morgan fingerprint density at radius 2 is 2.06 bits per heavy atom. The average molecular weight is 262 g/mol. The number of hydrogen-bond acceptors (Lipinski definition) is 1. The normalized spacial score (nSPS) is 11.6. The van der Waals surface area contributed by atoms with Crippen LogP contribution in [-0.2, 0) is 6.54 Å². The van der Waals surface area contributed by atoms with Crippen LogP contribution in [0.4, 0.5) is 0 Å². The molecule has 2 nitrogen and oxygen atoms in total. The lowest BCUT2D eigenvalue weighted by atomic mass is 10.1. The molecule has 2 aromatic rings. The first-order valence-electron chi connectivity index (χ1n) is 6.77. The minimum atomic E-state index is 0.795. The van der Waals surface area contributed by atoms with Gasteiger partial charge < -0.3 is 9.55 Å². The van der Waals surface area contributed by atoms with Crippen LogP contribution in [0.2, 0.25) is 0 Å². The standard InChI is InChI=1S/C15H22N2S/c1-11(2)6-4-5-9-17-14-10-12(3)7-8-13(14)16-15(17)18/h7-8,10-11H,4-6,9H2,1-3H3,(H,16,18). The Kier molecular flexibility index (Phi) is 4.23. The molecule has 0 aliphatic carbocycles. The van der Waals surface area contributed by atoms with Gasteiger partial charge in [-0.15, -0.1) is 0 Å². The lowest BCUT2D eigenvalue weighted by molar-refractivity contribution is 0.511. The maximum absolute atomic E-state index is 5.40. The predicted octanol–water partition coefficient (Wildman–Crippen LogP) is 4.83. The highest BCUT2D eigenvalue weighted by Gasteiger charge is 2.04. The van der Waals surface area contributed by atoms with Crippen molar-refractivity contribution in [2.75, 3.05) is 0 Å². The van der Waals surface area contributed by atoms with Gasteiger partial charge in [0.15, 0.2) is 4.77 Å². The highest BCUT2D eigenvalue weighted by Crippen LogP contribution is 2.17. The van der Waals surface area contributed by atoms with Crippen molar-refractivity contribution >= 4 is 23.3 Å². The molecule has 0 radical (unpaired) electrons. The fraction of sp³-hybridized carbons (Fsp3) is 0.533. The molecule has 0 aliphatic rings. The van der Waals surface area contributed by atoms with Crippen LogP contribution >= 0.6 is 12.2 Å². The minimum Gasteiger partial charge on any atom is -0.331 e. The molecule has 0 bridgehead atoms. The topological polar surface area (TPSA) is 20.7 Å². The maximum atomic E-state index is 5.40. The Morgan fingerprint density at radius 1 is 1.28 bits per heavy atom. The molecule has 2 rings (SSSR count). The first kappa shape index (κ1) is 13.3. The number of benzene rings is 1. The van der Waals surface area contributed by atoms with Crippen molar-refractivity contribution in [2.24, 2.45) is 5.92 Å². The molecule has 18 heavy (non-hydrogen) atoms.